The summed E-state index contributed by atoms with van der Waals surface area (Å²) < 4.78 is 37.0. The van der Waals surface area contributed by atoms with Gasteiger partial charge in [-0.15, -0.1) is 11.8 Å². The van der Waals surface area contributed by atoms with Crippen molar-refractivity contribution in [3.05, 3.63) is 29.3 Å². The van der Waals surface area contributed by atoms with Gasteiger partial charge >= 0.3 is 6.18 Å². The highest BCUT2D eigenvalue weighted by Crippen LogP contribution is 2.36. The summed E-state index contributed by atoms with van der Waals surface area (Å²) in [5, 5.41) is 0. The van der Waals surface area contributed by atoms with Gasteiger partial charge in [-0.3, -0.25) is 0 Å². The number of alkyl halides is 3. The number of benzene rings is 1. The molecule has 0 fully saturated rings. The lowest BCUT2D eigenvalue weighted by Crippen LogP contribution is -2.07. The van der Waals surface area contributed by atoms with Gasteiger partial charge in [0.1, 0.15) is 0 Å². The predicted molar refractivity (Wildman–Crippen MR) is 50.5 cm³/mol. The molecule has 2 rings (SSSR count). The first-order valence-corrected chi connectivity index (χ1v) is 5.39. The van der Waals surface area contributed by atoms with E-state index in [1.165, 1.54) is 23.9 Å². The number of hydrogen-bond donors (Lipinski definition) is 0. The van der Waals surface area contributed by atoms with Gasteiger partial charge in [0.05, 0.1) is 5.56 Å². The summed E-state index contributed by atoms with van der Waals surface area (Å²) in [7, 11) is 0. The lowest BCUT2D eigenvalue weighted by atomic mass is 10.1. The van der Waals surface area contributed by atoms with Crippen molar-refractivity contribution in [3.63, 3.8) is 0 Å². The van der Waals surface area contributed by atoms with Crippen molar-refractivity contribution in [2.75, 3.05) is 5.75 Å². The molecule has 0 saturated carbocycles. The van der Waals surface area contributed by atoms with Gasteiger partial charge in [-0.1, -0.05) is 6.07 Å². The highest BCUT2D eigenvalue weighted by Gasteiger charge is 2.31. The third kappa shape index (κ3) is 1.90. The van der Waals surface area contributed by atoms with Crippen LogP contribution >= 0.6 is 11.8 Å². The van der Waals surface area contributed by atoms with E-state index >= 15 is 0 Å². The van der Waals surface area contributed by atoms with E-state index in [-0.39, 0.29) is 0 Å². The van der Waals surface area contributed by atoms with Crippen molar-refractivity contribution >= 4 is 11.8 Å². The van der Waals surface area contributed by atoms with Crippen molar-refractivity contribution < 1.29 is 13.2 Å². The topological polar surface area (TPSA) is 0 Å². The number of aryl methyl sites for hydroxylation is 1. The van der Waals surface area contributed by atoms with E-state index in [0.29, 0.717) is 0 Å². The molecule has 0 unspecified atom stereocenters. The summed E-state index contributed by atoms with van der Waals surface area (Å²) in [6, 6.07) is 4.04. The Morgan fingerprint density at radius 1 is 1.21 bits per heavy atom. The molecule has 0 radical (unpaired) electrons. The van der Waals surface area contributed by atoms with Gasteiger partial charge in [0, 0.05) is 4.90 Å². The predicted octanol–water partition coefficient (Wildman–Crippen LogP) is 3.74. The molecular formula is C10H9F3S. The molecule has 0 saturated heterocycles. The molecule has 1 aromatic rings. The van der Waals surface area contributed by atoms with E-state index in [9.17, 15) is 13.2 Å². The Morgan fingerprint density at radius 2 is 2.00 bits per heavy atom. The van der Waals surface area contributed by atoms with Crippen LogP contribution in [0, 0.1) is 0 Å². The minimum atomic E-state index is -4.22. The molecule has 1 heterocycles. The van der Waals surface area contributed by atoms with Crippen LogP contribution in [0.2, 0.25) is 0 Å². The third-order valence-corrected chi connectivity index (χ3v) is 3.43. The normalized spacial score (nSPS) is 16.5. The number of halogens is 3. The van der Waals surface area contributed by atoms with E-state index in [4.69, 9.17) is 0 Å². The highest BCUT2D eigenvalue weighted by molar-refractivity contribution is 7.99. The summed E-state index contributed by atoms with van der Waals surface area (Å²) in [4.78, 5) is 0.797. The lowest BCUT2D eigenvalue weighted by molar-refractivity contribution is -0.137. The molecule has 1 aromatic carbocycles. The molecule has 1 aliphatic rings. The van der Waals surface area contributed by atoms with Crippen molar-refractivity contribution in [2.24, 2.45) is 0 Å². The second-order valence-corrected chi connectivity index (χ2v) is 4.41. The maximum Gasteiger partial charge on any atom is 0.416 e. The average molecular weight is 218 g/mol. The zero-order chi connectivity index (χ0) is 10.2. The van der Waals surface area contributed by atoms with Gasteiger partial charge in [0.15, 0.2) is 0 Å². The van der Waals surface area contributed by atoms with Crippen LogP contribution in [0.15, 0.2) is 23.1 Å². The van der Waals surface area contributed by atoms with Crippen LogP contribution in [-0.4, -0.2) is 5.75 Å². The van der Waals surface area contributed by atoms with Crippen molar-refractivity contribution in [1.29, 1.82) is 0 Å². The first kappa shape index (κ1) is 9.90. The second-order valence-electron chi connectivity index (χ2n) is 3.27. The molecule has 4 heteroatoms. The number of hydrogen-bond acceptors (Lipinski definition) is 1. The standard InChI is InChI=1S/C10H9F3S/c11-10(12,13)8-4-3-7-2-1-5-14-9(7)6-8/h3-4,6H,1-2,5H2. The quantitative estimate of drug-likeness (QED) is 0.639. The van der Waals surface area contributed by atoms with Crippen LogP contribution in [0.4, 0.5) is 13.2 Å². The zero-order valence-electron chi connectivity index (χ0n) is 7.40. The molecule has 0 aliphatic carbocycles. The highest BCUT2D eigenvalue weighted by atomic mass is 32.2. The molecule has 0 N–H and O–H groups in total. The Morgan fingerprint density at radius 3 is 2.71 bits per heavy atom. The zero-order valence-corrected chi connectivity index (χ0v) is 8.21. The molecule has 0 nitrogen and oxygen atoms in total. The number of thioether (sulfide) groups is 1. The fourth-order valence-corrected chi connectivity index (χ4v) is 2.59. The average Bonchev–Trinajstić information content (AvgIpc) is 2.16. The maximum absolute atomic E-state index is 12.3. The van der Waals surface area contributed by atoms with Crippen molar-refractivity contribution in [2.45, 2.75) is 23.9 Å². The largest absolute Gasteiger partial charge is 0.416 e. The van der Waals surface area contributed by atoms with E-state index < -0.39 is 11.7 Å². The first-order valence-electron chi connectivity index (χ1n) is 4.40. The van der Waals surface area contributed by atoms with Gasteiger partial charge in [-0.25, -0.2) is 0 Å². The number of rotatable bonds is 0. The van der Waals surface area contributed by atoms with Gasteiger partial charge in [-0.2, -0.15) is 13.2 Å². The van der Waals surface area contributed by atoms with Crippen LogP contribution in [0.3, 0.4) is 0 Å². The summed E-state index contributed by atoms with van der Waals surface area (Å²) in [5.41, 5.74) is 0.514. The van der Waals surface area contributed by atoms with Crippen LogP contribution in [0.5, 0.6) is 0 Å². The minimum absolute atomic E-state index is 0.536. The monoisotopic (exact) mass is 218 g/mol. The summed E-state index contributed by atoms with van der Waals surface area (Å²) in [6.45, 7) is 0. The lowest BCUT2D eigenvalue weighted by Gasteiger charge is -2.16. The molecule has 0 spiro atoms. The molecule has 0 bridgehead atoms. The van der Waals surface area contributed by atoms with Crippen molar-refractivity contribution in [3.8, 4) is 0 Å². The summed E-state index contributed by atoms with van der Waals surface area (Å²) in [5.74, 6) is 0.925. The van der Waals surface area contributed by atoms with Crippen molar-refractivity contribution in [1.82, 2.24) is 0 Å². The van der Waals surface area contributed by atoms with Crippen LogP contribution in [-0.2, 0) is 12.6 Å². The molecular weight excluding hydrogens is 209 g/mol. The minimum Gasteiger partial charge on any atom is -0.166 e. The van der Waals surface area contributed by atoms with E-state index in [1.807, 2.05) is 0 Å². The maximum atomic E-state index is 12.3. The number of fused-ring (bicyclic) bond motifs is 1. The van der Waals surface area contributed by atoms with E-state index in [0.717, 1.165) is 29.1 Å². The van der Waals surface area contributed by atoms with Gasteiger partial charge in [0.2, 0.25) is 0 Å². The molecule has 1 aliphatic heterocycles. The van der Waals surface area contributed by atoms with E-state index in [2.05, 4.69) is 0 Å². The Balaban J connectivity index is 2.39. The summed E-state index contributed by atoms with van der Waals surface area (Å²) in [6.07, 6.45) is -2.25. The van der Waals surface area contributed by atoms with Crippen LogP contribution in [0.1, 0.15) is 17.5 Å². The molecule has 14 heavy (non-hydrogen) atoms. The molecule has 0 aromatic heterocycles. The van der Waals surface area contributed by atoms with Gasteiger partial charge in [0.25, 0.3) is 0 Å². The smallest absolute Gasteiger partial charge is 0.166 e. The van der Waals surface area contributed by atoms with Gasteiger partial charge in [-0.05, 0) is 36.3 Å². The van der Waals surface area contributed by atoms with Gasteiger partial charge < -0.3 is 0 Å². The molecule has 0 atom stereocenters. The fourth-order valence-electron chi connectivity index (χ4n) is 1.52. The SMILES string of the molecule is FC(F)(F)c1ccc2c(c1)SCCC2. The fraction of sp³-hybridized carbons (Fsp3) is 0.400. The Hall–Kier alpha value is -0.640. The third-order valence-electron chi connectivity index (χ3n) is 2.24. The molecule has 0 amide bonds. The summed E-state index contributed by atoms with van der Waals surface area (Å²) >= 11 is 1.52. The Bertz CT molecular complexity index is 344. The van der Waals surface area contributed by atoms with E-state index in [1.54, 1.807) is 6.07 Å². The van der Waals surface area contributed by atoms with Crippen LogP contribution < -0.4 is 0 Å². The first-order chi connectivity index (χ1) is 6.57. The second kappa shape index (κ2) is 3.50. The Labute approximate surface area is 84.5 Å². The van der Waals surface area contributed by atoms with Crippen LogP contribution in [0.25, 0.3) is 0 Å². The Kier molecular flexibility index (Phi) is 2.47. The molecule has 76 valence electrons.